The normalized spacial score (nSPS) is 20.3. The van der Waals surface area contributed by atoms with Gasteiger partial charge in [0.05, 0.1) is 5.56 Å². The third-order valence-corrected chi connectivity index (χ3v) is 4.36. The maximum Gasteiger partial charge on any atom is 0.255 e. The molecule has 0 fully saturated rings. The molecule has 1 aromatic carbocycles. The van der Waals surface area contributed by atoms with E-state index < -0.39 is 11.1 Å². The Kier molecular flexibility index (Phi) is 3.05. The molecule has 0 saturated carbocycles. The largest absolute Gasteiger partial charge is 0.275 e. The highest BCUT2D eigenvalue weighted by molar-refractivity contribution is 6.67. The summed E-state index contributed by atoms with van der Waals surface area (Å²) in [5.41, 5.74) is 1.93. The van der Waals surface area contributed by atoms with Crippen molar-refractivity contribution in [3.05, 3.63) is 34.6 Å². The second-order valence-corrected chi connectivity index (χ2v) is 6.76. The maximum atomic E-state index is 13.9. The number of carbonyl (C=O) groups excluding carboxylic acids is 1. The summed E-state index contributed by atoms with van der Waals surface area (Å²) >= 11 is 5.44. The van der Waals surface area contributed by atoms with Gasteiger partial charge in [0.2, 0.25) is 0 Å². The van der Waals surface area contributed by atoms with Crippen LogP contribution >= 0.6 is 11.6 Å². The first-order chi connectivity index (χ1) is 8.15. The summed E-state index contributed by atoms with van der Waals surface area (Å²) in [6, 6.07) is 3.13. The van der Waals surface area contributed by atoms with Crippen LogP contribution in [0.5, 0.6) is 0 Å². The Labute approximate surface area is 112 Å². The van der Waals surface area contributed by atoms with E-state index in [-0.39, 0.29) is 16.4 Å². The predicted molar refractivity (Wildman–Crippen MR) is 71.9 cm³/mol. The van der Waals surface area contributed by atoms with Gasteiger partial charge in [-0.2, -0.15) is 0 Å². The average molecular weight is 269 g/mol. The van der Waals surface area contributed by atoms with Crippen molar-refractivity contribution in [1.29, 1.82) is 0 Å². The number of benzene rings is 1. The zero-order valence-electron chi connectivity index (χ0n) is 11.2. The Hall–Kier alpha value is -0.890. The van der Waals surface area contributed by atoms with Crippen LogP contribution in [-0.4, -0.2) is 5.24 Å². The molecule has 0 saturated heterocycles. The van der Waals surface area contributed by atoms with Crippen molar-refractivity contribution in [3.63, 3.8) is 0 Å². The third-order valence-electron chi connectivity index (χ3n) is 4.15. The Morgan fingerprint density at radius 1 is 1.11 bits per heavy atom. The van der Waals surface area contributed by atoms with E-state index in [1.54, 1.807) is 6.07 Å². The molecule has 0 aliphatic heterocycles. The fourth-order valence-electron chi connectivity index (χ4n) is 2.74. The Morgan fingerprint density at radius 2 is 1.56 bits per heavy atom. The molecule has 98 valence electrons. The van der Waals surface area contributed by atoms with Gasteiger partial charge in [0.1, 0.15) is 5.82 Å². The zero-order chi connectivity index (χ0) is 13.7. The third kappa shape index (κ3) is 2.07. The minimum absolute atomic E-state index is 0.0128. The fourth-order valence-corrected chi connectivity index (χ4v) is 2.88. The first-order valence-electron chi connectivity index (χ1n) is 6.19. The van der Waals surface area contributed by atoms with Gasteiger partial charge >= 0.3 is 0 Å². The smallest absolute Gasteiger partial charge is 0.255 e. The molecule has 3 heteroatoms. The van der Waals surface area contributed by atoms with E-state index in [1.807, 2.05) is 0 Å². The van der Waals surface area contributed by atoms with Crippen molar-refractivity contribution in [2.75, 3.05) is 0 Å². The van der Waals surface area contributed by atoms with Crippen LogP contribution in [0.1, 0.15) is 62.0 Å². The molecular weight excluding hydrogens is 251 g/mol. The van der Waals surface area contributed by atoms with Crippen molar-refractivity contribution in [2.24, 2.45) is 0 Å². The van der Waals surface area contributed by atoms with Gasteiger partial charge in [-0.1, -0.05) is 27.7 Å². The number of fused-ring (bicyclic) bond motifs is 1. The maximum absolute atomic E-state index is 13.9. The first kappa shape index (κ1) is 13.5. The molecule has 1 nitrogen and oxygen atoms in total. The number of hydrogen-bond donors (Lipinski definition) is 0. The lowest BCUT2D eigenvalue weighted by Crippen LogP contribution is -2.34. The number of rotatable bonds is 1. The fraction of sp³-hybridized carbons (Fsp3) is 0.533. The van der Waals surface area contributed by atoms with Crippen LogP contribution in [0.3, 0.4) is 0 Å². The number of hydrogen-bond acceptors (Lipinski definition) is 1. The second kappa shape index (κ2) is 4.06. The van der Waals surface area contributed by atoms with Crippen molar-refractivity contribution in [2.45, 2.75) is 51.4 Å². The SMILES string of the molecule is CC1(C)CCC(C)(C)c2cc(C(=O)Cl)c(F)cc21. The minimum Gasteiger partial charge on any atom is -0.275 e. The molecule has 0 bridgehead atoms. The average Bonchev–Trinajstić information content (AvgIpc) is 2.24. The van der Waals surface area contributed by atoms with E-state index >= 15 is 0 Å². The van der Waals surface area contributed by atoms with Gasteiger partial charge < -0.3 is 0 Å². The van der Waals surface area contributed by atoms with Crippen molar-refractivity contribution in [3.8, 4) is 0 Å². The zero-order valence-corrected chi connectivity index (χ0v) is 12.0. The lowest BCUT2D eigenvalue weighted by molar-refractivity contribution is 0.107. The molecule has 0 amide bonds. The molecule has 0 radical (unpaired) electrons. The molecule has 1 aromatic rings. The van der Waals surface area contributed by atoms with Crippen LogP contribution in [-0.2, 0) is 10.8 Å². The Balaban J connectivity index is 2.73. The van der Waals surface area contributed by atoms with Gasteiger partial charge in [0.25, 0.3) is 5.24 Å². The molecule has 1 aliphatic rings. The predicted octanol–water partition coefficient (Wildman–Crippen LogP) is 4.55. The monoisotopic (exact) mass is 268 g/mol. The van der Waals surface area contributed by atoms with Crippen LogP contribution < -0.4 is 0 Å². The van der Waals surface area contributed by atoms with Crippen LogP contribution in [0.4, 0.5) is 4.39 Å². The van der Waals surface area contributed by atoms with Gasteiger partial charge in [0, 0.05) is 0 Å². The number of halogens is 2. The first-order valence-corrected chi connectivity index (χ1v) is 6.57. The van der Waals surface area contributed by atoms with Crippen LogP contribution in [0.15, 0.2) is 12.1 Å². The minimum atomic E-state index is -0.727. The van der Waals surface area contributed by atoms with E-state index in [2.05, 4.69) is 27.7 Å². The quantitative estimate of drug-likeness (QED) is 0.683. The van der Waals surface area contributed by atoms with Crippen molar-refractivity contribution >= 4 is 16.8 Å². The summed E-state index contributed by atoms with van der Waals surface area (Å²) in [7, 11) is 0. The lowest BCUT2D eigenvalue weighted by Gasteiger charge is -2.42. The van der Waals surface area contributed by atoms with Crippen molar-refractivity contribution < 1.29 is 9.18 Å². The standard InChI is InChI=1S/C15H18ClFO/c1-14(2)5-6-15(3,4)11-8-12(17)9(13(16)18)7-10(11)14/h7-8H,5-6H2,1-4H3. The summed E-state index contributed by atoms with van der Waals surface area (Å²) in [6.07, 6.45) is 2.04. The molecule has 0 spiro atoms. The highest BCUT2D eigenvalue weighted by Crippen LogP contribution is 2.46. The highest BCUT2D eigenvalue weighted by atomic mass is 35.5. The van der Waals surface area contributed by atoms with Gasteiger partial charge in [0.15, 0.2) is 0 Å². The molecule has 0 N–H and O–H groups in total. The summed E-state index contributed by atoms with van der Waals surface area (Å²) in [6.45, 7) is 8.48. The molecule has 1 aliphatic carbocycles. The highest BCUT2D eigenvalue weighted by Gasteiger charge is 2.38. The van der Waals surface area contributed by atoms with Gasteiger partial charge in [-0.25, -0.2) is 4.39 Å². The summed E-state index contributed by atoms with van der Waals surface area (Å²) in [5, 5.41) is -0.727. The molecule has 0 atom stereocenters. The summed E-state index contributed by atoms with van der Waals surface area (Å²) in [5.74, 6) is -0.514. The Morgan fingerprint density at radius 3 is 2.00 bits per heavy atom. The molecule has 18 heavy (non-hydrogen) atoms. The van der Waals surface area contributed by atoms with E-state index in [1.165, 1.54) is 6.07 Å². The lowest BCUT2D eigenvalue weighted by atomic mass is 9.63. The number of carbonyl (C=O) groups is 1. The molecule has 0 unspecified atom stereocenters. The van der Waals surface area contributed by atoms with Crippen LogP contribution in [0, 0.1) is 5.82 Å². The summed E-state index contributed by atoms with van der Waals surface area (Å²) < 4.78 is 13.9. The molecule has 2 rings (SSSR count). The van der Waals surface area contributed by atoms with E-state index in [0.29, 0.717) is 0 Å². The van der Waals surface area contributed by atoms with Gasteiger partial charge in [-0.15, -0.1) is 0 Å². The second-order valence-electron chi connectivity index (χ2n) is 6.42. The Bertz CT molecular complexity index is 517. The van der Waals surface area contributed by atoms with Crippen LogP contribution in [0.25, 0.3) is 0 Å². The molecule has 0 heterocycles. The van der Waals surface area contributed by atoms with Gasteiger partial charge in [-0.3, -0.25) is 4.79 Å². The van der Waals surface area contributed by atoms with E-state index in [9.17, 15) is 9.18 Å². The van der Waals surface area contributed by atoms with Crippen molar-refractivity contribution in [1.82, 2.24) is 0 Å². The van der Waals surface area contributed by atoms with Gasteiger partial charge in [-0.05, 0) is 58.5 Å². The summed E-state index contributed by atoms with van der Waals surface area (Å²) in [4.78, 5) is 11.2. The van der Waals surface area contributed by atoms with E-state index in [0.717, 1.165) is 24.0 Å². The topological polar surface area (TPSA) is 17.1 Å². The van der Waals surface area contributed by atoms with E-state index in [4.69, 9.17) is 11.6 Å². The molecular formula is C15H18ClFO. The van der Waals surface area contributed by atoms with Crippen LogP contribution in [0.2, 0.25) is 0 Å². The molecule has 0 aromatic heterocycles.